The summed E-state index contributed by atoms with van der Waals surface area (Å²) in [6.45, 7) is 3.86. The molecule has 0 saturated carbocycles. The van der Waals surface area contributed by atoms with Crippen LogP contribution >= 0.6 is 0 Å². The molecule has 0 N–H and O–H groups in total. The zero-order chi connectivity index (χ0) is 16.9. The first-order valence-electron chi connectivity index (χ1n) is 7.96. The normalized spacial score (nSPS) is 14.2. The van der Waals surface area contributed by atoms with Gasteiger partial charge in [-0.15, -0.1) is 0 Å². The number of rotatable bonds is 5. The summed E-state index contributed by atoms with van der Waals surface area (Å²) >= 11 is 0. The fourth-order valence-corrected chi connectivity index (χ4v) is 2.89. The maximum absolute atomic E-state index is 11.2. The standard InChI is InChI=1S/C18H19N3O3/c1-2-24-17-8-4-3-6-15(17)14-9-12-20(13-10-14)18-16(21(22)23)7-5-11-19-18/h3-9,11H,2,10,12-13H2,1H3. The number of aromatic nitrogens is 1. The van der Waals surface area contributed by atoms with Crippen LogP contribution in [0.3, 0.4) is 0 Å². The first kappa shape index (κ1) is 16.0. The zero-order valence-electron chi connectivity index (χ0n) is 13.5. The van der Waals surface area contributed by atoms with Crippen LogP contribution in [0.25, 0.3) is 5.57 Å². The van der Waals surface area contributed by atoms with Gasteiger partial charge in [0.05, 0.1) is 11.5 Å². The lowest BCUT2D eigenvalue weighted by atomic mass is 9.98. The van der Waals surface area contributed by atoms with Gasteiger partial charge in [0.25, 0.3) is 0 Å². The Kier molecular flexibility index (Phi) is 4.74. The van der Waals surface area contributed by atoms with Gasteiger partial charge >= 0.3 is 5.69 Å². The van der Waals surface area contributed by atoms with Gasteiger partial charge in [-0.3, -0.25) is 10.1 Å². The van der Waals surface area contributed by atoms with E-state index in [1.165, 1.54) is 11.6 Å². The molecular weight excluding hydrogens is 306 g/mol. The number of ether oxygens (including phenoxy) is 1. The molecular formula is C18H19N3O3. The van der Waals surface area contributed by atoms with Crippen molar-refractivity contribution in [3.63, 3.8) is 0 Å². The van der Waals surface area contributed by atoms with Crippen molar-refractivity contribution in [2.24, 2.45) is 0 Å². The van der Waals surface area contributed by atoms with Gasteiger partial charge in [-0.25, -0.2) is 4.98 Å². The molecule has 6 heteroatoms. The Balaban J connectivity index is 1.84. The third-order valence-corrected chi connectivity index (χ3v) is 4.00. The maximum Gasteiger partial charge on any atom is 0.311 e. The molecule has 1 aliphatic heterocycles. The molecule has 1 aromatic heterocycles. The molecule has 1 aliphatic rings. The minimum Gasteiger partial charge on any atom is -0.493 e. The van der Waals surface area contributed by atoms with Crippen LogP contribution in [0.4, 0.5) is 11.5 Å². The second-order valence-electron chi connectivity index (χ2n) is 5.46. The molecule has 24 heavy (non-hydrogen) atoms. The first-order valence-corrected chi connectivity index (χ1v) is 7.96. The Morgan fingerprint density at radius 1 is 1.29 bits per heavy atom. The minimum absolute atomic E-state index is 0.0454. The molecule has 2 aromatic rings. The summed E-state index contributed by atoms with van der Waals surface area (Å²) in [5, 5.41) is 11.2. The molecule has 0 unspecified atom stereocenters. The molecule has 0 saturated heterocycles. The van der Waals surface area contributed by atoms with E-state index >= 15 is 0 Å². The van der Waals surface area contributed by atoms with Gasteiger partial charge in [0.1, 0.15) is 5.75 Å². The summed E-state index contributed by atoms with van der Waals surface area (Å²) in [5.74, 6) is 1.31. The highest BCUT2D eigenvalue weighted by Crippen LogP contribution is 2.33. The van der Waals surface area contributed by atoms with Gasteiger partial charge in [0.15, 0.2) is 0 Å². The highest BCUT2D eigenvalue weighted by atomic mass is 16.6. The van der Waals surface area contributed by atoms with E-state index in [2.05, 4.69) is 17.1 Å². The lowest BCUT2D eigenvalue weighted by Gasteiger charge is -2.27. The van der Waals surface area contributed by atoms with Crippen LogP contribution in [0.2, 0.25) is 0 Å². The minimum atomic E-state index is -0.383. The van der Waals surface area contributed by atoms with Crippen molar-refractivity contribution < 1.29 is 9.66 Å². The number of anilines is 1. The molecule has 124 valence electrons. The number of nitrogens with zero attached hydrogens (tertiary/aromatic N) is 3. The molecule has 2 heterocycles. The average molecular weight is 325 g/mol. The quantitative estimate of drug-likeness (QED) is 0.619. The fraction of sp³-hybridized carbons (Fsp3) is 0.278. The van der Waals surface area contributed by atoms with Crippen molar-refractivity contribution >= 4 is 17.1 Å². The highest BCUT2D eigenvalue weighted by Gasteiger charge is 2.23. The second kappa shape index (κ2) is 7.12. The summed E-state index contributed by atoms with van der Waals surface area (Å²) in [4.78, 5) is 16.9. The Morgan fingerprint density at radius 3 is 2.83 bits per heavy atom. The van der Waals surface area contributed by atoms with Gasteiger partial charge in [0, 0.05) is 30.9 Å². The van der Waals surface area contributed by atoms with Crippen LogP contribution in [0.1, 0.15) is 18.9 Å². The average Bonchev–Trinajstić information content (AvgIpc) is 2.63. The second-order valence-corrected chi connectivity index (χ2v) is 5.46. The van der Waals surface area contributed by atoms with Gasteiger partial charge in [-0.2, -0.15) is 0 Å². The van der Waals surface area contributed by atoms with Crippen LogP contribution in [-0.2, 0) is 0 Å². The van der Waals surface area contributed by atoms with Crippen LogP contribution in [-0.4, -0.2) is 29.6 Å². The highest BCUT2D eigenvalue weighted by molar-refractivity contribution is 5.73. The van der Waals surface area contributed by atoms with Crippen molar-refractivity contribution in [2.45, 2.75) is 13.3 Å². The Bertz CT molecular complexity index is 774. The lowest BCUT2D eigenvalue weighted by molar-refractivity contribution is -0.384. The van der Waals surface area contributed by atoms with E-state index in [-0.39, 0.29) is 10.6 Å². The number of hydrogen-bond donors (Lipinski definition) is 0. The number of pyridine rings is 1. The fourth-order valence-electron chi connectivity index (χ4n) is 2.89. The van der Waals surface area contributed by atoms with E-state index in [9.17, 15) is 10.1 Å². The molecule has 0 radical (unpaired) electrons. The third kappa shape index (κ3) is 3.22. The summed E-state index contributed by atoms with van der Waals surface area (Å²) < 4.78 is 5.70. The van der Waals surface area contributed by atoms with E-state index < -0.39 is 0 Å². The SMILES string of the molecule is CCOc1ccccc1C1=CCN(c2ncccc2[N+](=O)[O-])CC1. The van der Waals surface area contributed by atoms with Crippen molar-refractivity contribution in [1.82, 2.24) is 4.98 Å². The predicted octanol–water partition coefficient (Wildman–Crippen LogP) is 3.68. The number of hydrogen-bond acceptors (Lipinski definition) is 5. The van der Waals surface area contributed by atoms with E-state index in [0.717, 1.165) is 17.7 Å². The summed E-state index contributed by atoms with van der Waals surface area (Å²) in [5.41, 5.74) is 2.34. The van der Waals surface area contributed by atoms with Crippen molar-refractivity contribution in [3.8, 4) is 5.75 Å². The van der Waals surface area contributed by atoms with Crippen molar-refractivity contribution in [1.29, 1.82) is 0 Å². The van der Waals surface area contributed by atoms with E-state index in [1.807, 2.05) is 30.0 Å². The number of nitro groups is 1. The third-order valence-electron chi connectivity index (χ3n) is 4.00. The molecule has 0 spiro atoms. The van der Waals surface area contributed by atoms with Crippen LogP contribution < -0.4 is 9.64 Å². The molecule has 1 aromatic carbocycles. The van der Waals surface area contributed by atoms with Gasteiger partial charge < -0.3 is 9.64 Å². The van der Waals surface area contributed by atoms with Crippen molar-refractivity contribution in [3.05, 3.63) is 64.3 Å². The lowest BCUT2D eigenvalue weighted by Crippen LogP contribution is -2.29. The molecule has 0 amide bonds. The van der Waals surface area contributed by atoms with E-state index in [1.54, 1.807) is 12.3 Å². The number of benzene rings is 1. The Hall–Kier alpha value is -2.89. The molecule has 0 bridgehead atoms. The van der Waals surface area contributed by atoms with E-state index in [4.69, 9.17) is 4.74 Å². The van der Waals surface area contributed by atoms with Crippen LogP contribution in [0.15, 0.2) is 48.7 Å². The molecule has 6 nitrogen and oxygen atoms in total. The molecule has 3 rings (SSSR count). The maximum atomic E-state index is 11.2. The van der Waals surface area contributed by atoms with Gasteiger partial charge in [-0.1, -0.05) is 24.3 Å². The zero-order valence-corrected chi connectivity index (χ0v) is 13.5. The molecule has 0 fully saturated rings. The molecule has 0 atom stereocenters. The predicted molar refractivity (Wildman–Crippen MR) is 93.3 cm³/mol. The Labute approximate surface area is 140 Å². The van der Waals surface area contributed by atoms with E-state index in [0.29, 0.717) is 25.5 Å². The summed E-state index contributed by atoms with van der Waals surface area (Å²) in [6.07, 6.45) is 4.48. The summed E-state index contributed by atoms with van der Waals surface area (Å²) in [6, 6.07) is 11.1. The Morgan fingerprint density at radius 2 is 2.12 bits per heavy atom. The first-order chi connectivity index (χ1) is 11.7. The smallest absolute Gasteiger partial charge is 0.311 e. The van der Waals surface area contributed by atoms with Crippen molar-refractivity contribution in [2.75, 3.05) is 24.6 Å². The molecule has 0 aliphatic carbocycles. The topological polar surface area (TPSA) is 68.5 Å². The largest absolute Gasteiger partial charge is 0.493 e. The van der Waals surface area contributed by atoms with Gasteiger partial charge in [0.2, 0.25) is 5.82 Å². The van der Waals surface area contributed by atoms with Crippen LogP contribution in [0.5, 0.6) is 5.75 Å². The van der Waals surface area contributed by atoms with Crippen LogP contribution in [0, 0.1) is 10.1 Å². The monoisotopic (exact) mass is 325 g/mol. The van der Waals surface area contributed by atoms with Gasteiger partial charge in [-0.05, 0) is 31.1 Å². The number of para-hydroxylation sites is 1. The summed E-state index contributed by atoms with van der Waals surface area (Å²) in [7, 11) is 0.